The van der Waals surface area contributed by atoms with E-state index in [0.29, 0.717) is 5.92 Å². The summed E-state index contributed by atoms with van der Waals surface area (Å²) in [5, 5.41) is 9.52. The first-order valence-corrected chi connectivity index (χ1v) is 3.83. The van der Waals surface area contributed by atoms with E-state index in [1.54, 1.807) is 0 Å². The minimum atomic E-state index is -0.420. The molecule has 0 aliphatic heterocycles. The molecule has 1 fully saturated rings. The fourth-order valence-electron chi connectivity index (χ4n) is 1.63. The van der Waals surface area contributed by atoms with Crippen LogP contribution in [0.2, 0.25) is 0 Å². The quantitative estimate of drug-likeness (QED) is 0.507. The summed E-state index contributed by atoms with van der Waals surface area (Å²) in [7, 11) is 1.92. The van der Waals surface area contributed by atoms with Crippen molar-refractivity contribution in [3.63, 3.8) is 0 Å². The molecule has 1 aliphatic carbocycles. The third kappa shape index (κ3) is 1.72. The highest BCUT2D eigenvalue weighted by Gasteiger charge is 2.28. The van der Waals surface area contributed by atoms with E-state index in [9.17, 15) is 5.11 Å². The second-order valence-electron chi connectivity index (χ2n) is 3.64. The van der Waals surface area contributed by atoms with Gasteiger partial charge < -0.3 is 5.11 Å². The molecule has 0 aromatic carbocycles. The largest absolute Gasteiger partial charge is 0.399 e. The second kappa shape index (κ2) is 2.33. The van der Waals surface area contributed by atoms with Crippen LogP contribution in [0.1, 0.15) is 32.6 Å². The molecule has 0 spiro atoms. The third-order valence-corrected chi connectivity index (χ3v) is 2.35. The average Bonchev–Trinajstić information content (AvgIpc) is 2.08. The molecule has 1 rings (SSSR count). The van der Waals surface area contributed by atoms with Gasteiger partial charge in [-0.3, -0.25) is 0 Å². The first-order valence-electron chi connectivity index (χ1n) is 3.83. The maximum absolute atomic E-state index is 9.52. The zero-order valence-electron chi connectivity index (χ0n) is 6.35. The lowest BCUT2D eigenvalue weighted by Crippen LogP contribution is -2.32. The maximum Gasteiger partial charge on any atom is 0.142 e. The van der Waals surface area contributed by atoms with Gasteiger partial charge in [-0.05, 0) is 25.7 Å². The molecule has 1 nitrogen and oxygen atoms in total. The predicted molar refractivity (Wildman–Crippen MR) is 41.1 cm³/mol. The lowest BCUT2D eigenvalue weighted by Gasteiger charge is -2.24. The Hall–Kier alpha value is 0.0249. The summed E-state index contributed by atoms with van der Waals surface area (Å²) in [4.78, 5) is 0. The monoisotopic (exact) mass is 126 g/mol. The highest BCUT2D eigenvalue weighted by Crippen LogP contribution is 2.31. The molecule has 0 radical (unpaired) electrons. The molecule has 0 heterocycles. The molecule has 52 valence electrons. The van der Waals surface area contributed by atoms with E-state index >= 15 is 0 Å². The highest BCUT2D eigenvalue weighted by atomic mass is 16.3. The van der Waals surface area contributed by atoms with Crippen LogP contribution in [0.25, 0.3) is 0 Å². The van der Waals surface area contributed by atoms with Crippen molar-refractivity contribution in [2.45, 2.75) is 38.1 Å². The second-order valence-corrected chi connectivity index (χ2v) is 3.64. The van der Waals surface area contributed by atoms with Gasteiger partial charge in [0.25, 0.3) is 0 Å². The van der Waals surface area contributed by atoms with Crippen molar-refractivity contribution in [3.05, 3.63) is 0 Å². The molecule has 1 saturated carbocycles. The van der Waals surface area contributed by atoms with Crippen LogP contribution >= 0.6 is 0 Å². The van der Waals surface area contributed by atoms with E-state index < -0.39 is 5.50 Å². The Kier molecular flexibility index (Phi) is 1.85. The van der Waals surface area contributed by atoms with E-state index in [-0.39, 0.29) is 0 Å². The van der Waals surface area contributed by atoms with Gasteiger partial charge in [0.1, 0.15) is 7.85 Å². The Bertz CT molecular complexity index is 89.6. The molecule has 1 aliphatic rings. The van der Waals surface area contributed by atoms with Gasteiger partial charge in [-0.1, -0.05) is 12.8 Å². The van der Waals surface area contributed by atoms with Crippen LogP contribution in [0, 0.1) is 5.92 Å². The van der Waals surface area contributed by atoms with Crippen LogP contribution in [0.3, 0.4) is 0 Å². The van der Waals surface area contributed by atoms with Crippen LogP contribution < -0.4 is 0 Å². The van der Waals surface area contributed by atoms with Gasteiger partial charge in [-0.15, -0.1) is 0 Å². The smallest absolute Gasteiger partial charge is 0.142 e. The van der Waals surface area contributed by atoms with Crippen molar-refractivity contribution in [2.24, 2.45) is 5.92 Å². The minimum Gasteiger partial charge on any atom is -0.399 e. The van der Waals surface area contributed by atoms with Crippen LogP contribution in [-0.4, -0.2) is 18.5 Å². The van der Waals surface area contributed by atoms with Crippen LogP contribution in [0.5, 0.6) is 0 Å². The van der Waals surface area contributed by atoms with Crippen molar-refractivity contribution in [2.75, 3.05) is 0 Å². The third-order valence-electron chi connectivity index (χ3n) is 2.35. The Balaban J connectivity index is 2.42. The Labute approximate surface area is 57.9 Å². The summed E-state index contributed by atoms with van der Waals surface area (Å²) >= 11 is 0. The number of hydrogen-bond donors (Lipinski definition) is 1. The molecule has 0 amide bonds. The fraction of sp³-hybridized carbons (Fsp3) is 1.00. The number of aliphatic hydroxyl groups is 1. The topological polar surface area (TPSA) is 20.2 Å². The first kappa shape index (κ1) is 7.14. The lowest BCUT2D eigenvalue weighted by atomic mass is 9.72. The Morgan fingerprint density at radius 3 is 2.11 bits per heavy atom. The van der Waals surface area contributed by atoms with Gasteiger partial charge in [-0.25, -0.2) is 0 Å². The summed E-state index contributed by atoms with van der Waals surface area (Å²) in [5.41, 5.74) is -0.420. The van der Waals surface area contributed by atoms with Gasteiger partial charge in [0, 0.05) is 5.50 Å². The molecular formula is C7H15BO. The fourth-order valence-corrected chi connectivity index (χ4v) is 1.63. The van der Waals surface area contributed by atoms with Crippen molar-refractivity contribution < 1.29 is 5.11 Å². The molecule has 0 aromatic heterocycles. The molecule has 0 bridgehead atoms. The molecule has 1 unspecified atom stereocenters. The van der Waals surface area contributed by atoms with E-state index in [0.717, 1.165) is 0 Å². The molecule has 2 heteroatoms. The Morgan fingerprint density at radius 1 is 1.44 bits per heavy atom. The lowest BCUT2D eigenvalue weighted by molar-refractivity contribution is 0.0839. The van der Waals surface area contributed by atoms with E-state index in [4.69, 9.17) is 0 Å². The number of rotatable bonds is 1. The average molecular weight is 126 g/mol. The zero-order valence-corrected chi connectivity index (χ0v) is 6.35. The van der Waals surface area contributed by atoms with Crippen molar-refractivity contribution in [1.82, 2.24) is 0 Å². The van der Waals surface area contributed by atoms with Gasteiger partial charge in [0.05, 0.1) is 0 Å². The molecule has 0 aromatic rings. The summed E-state index contributed by atoms with van der Waals surface area (Å²) in [6, 6.07) is 0. The molecular weight excluding hydrogens is 111 g/mol. The predicted octanol–water partition coefficient (Wildman–Crippen LogP) is 0.518. The van der Waals surface area contributed by atoms with Crippen LogP contribution in [-0.2, 0) is 0 Å². The summed E-state index contributed by atoms with van der Waals surface area (Å²) in [6.07, 6.45) is 5.08. The molecule has 1 atom stereocenters. The standard InChI is InChI=1S/C7H15BO/c1-7(8,9)6-4-2-3-5-6/h6,9H,2-5,8H2,1H3. The van der Waals surface area contributed by atoms with Crippen molar-refractivity contribution in [3.8, 4) is 0 Å². The minimum absolute atomic E-state index is 0.420. The van der Waals surface area contributed by atoms with E-state index in [1.807, 2.05) is 14.8 Å². The van der Waals surface area contributed by atoms with Gasteiger partial charge in [0.15, 0.2) is 0 Å². The highest BCUT2D eigenvalue weighted by molar-refractivity contribution is 6.14. The maximum atomic E-state index is 9.52. The summed E-state index contributed by atoms with van der Waals surface area (Å²) in [6.45, 7) is 1.92. The van der Waals surface area contributed by atoms with Crippen LogP contribution in [0.15, 0.2) is 0 Å². The molecule has 1 N–H and O–H groups in total. The normalized spacial score (nSPS) is 28.2. The van der Waals surface area contributed by atoms with Crippen molar-refractivity contribution in [1.29, 1.82) is 0 Å². The SMILES string of the molecule is BC(C)(O)C1CCCC1. The van der Waals surface area contributed by atoms with E-state index in [1.165, 1.54) is 25.7 Å². The van der Waals surface area contributed by atoms with Crippen molar-refractivity contribution >= 4 is 7.85 Å². The zero-order chi connectivity index (χ0) is 6.91. The van der Waals surface area contributed by atoms with E-state index in [2.05, 4.69) is 0 Å². The van der Waals surface area contributed by atoms with Gasteiger partial charge >= 0.3 is 0 Å². The molecule has 9 heavy (non-hydrogen) atoms. The molecule has 0 saturated heterocycles. The van der Waals surface area contributed by atoms with Gasteiger partial charge in [-0.2, -0.15) is 0 Å². The first-order chi connectivity index (χ1) is 4.11. The summed E-state index contributed by atoms with van der Waals surface area (Å²) < 4.78 is 0. The Morgan fingerprint density at radius 2 is 1.89 bits per heavy atom. The van der Waals surface area contributed by atoms with Crippen LogP contribution in [0.4, 0.5) is 0 Å². The van der Waals surface area contributed by atoms with Gasteiger partial charge in [0.2, 0.25) is 0 Å². The number of hydrogen-bond acceptors (Lipinski definition) is 1. The summed E-state index contributed by atoms with van der Waals surface area (Å²) in [5.74, 6) is 0.567.